The number of amides is 1. The normalized spacial score (nSPS) is 16.0. The second-order valence-electron chi connectivity index (χ2n) is 3.85. The molecule has 0 N–H and O–H groups in total. The molecule has 1 aliphatic heterocycles. The molecule has 0 aliphatic carbocycles. The number of rotatable bonds is 2. The van der Waals surface area contributed by atoms with Gasteiger partial charge in [0.1, 0.15) is 6.54 Å². The lowest BCUT2D eigenvalue weighted by Crippen LogP contribution is -2.47. The standard InChI is InChI=1S/C11H14N2O3S/c1-3-17(15,16)13-8-11(14)12(2)9-6-4-5-7-10(9)13/h4-7H,3,8H2,1-2H3. The molecule has 1 aromatic carbocycles. The van der Waals surface area contributed by atoms with E-state index in [4.69, 9.17) is 0 Å². The third kappa shape index (κ3) is 1.88. The van der Waals surface area contributed by atoms with Crippen LogP contribution in [0.3, 0.4) is 0 Å². The van der Waals surface area contributed by atoms with E-state index in [2.05, 4.69) is 0 Å². The first-order chi connectivity index (χ1) is 7.97. The molecule has 1 amide bonds. The zero-order valence-corrected chi connectivity index (χ0v) is 10.6. The van der Waals surface area contributed by atoms with Crippen LogP contribution < -0.4 is 9.21 Å². The Morgan fingerprint density at radius 2 is 1.82 bits per heavy atom. The third-order valence-electron chi connectivity index (χ3n) is 2.87. The van der Waals surface area contributed by atoms with Crippen molar-refractivity contribution < 1.29 is 13.2 Å². The second-order valence-corrected chi connectivity index (χ2v) is 6.03. The minimum atomic E-state index is -3.41. The molecule has 2 rings (SSSR count). The molecule has 0 bridgehead atoms. The van der Waals surface area contributed by atoms with Gasteiger partial charge in [0.15, 0.2) is 0 Å². The van der Waals surface area contributed by atoms with Gasteiger partial charge < -0.3 is 4.90 Å². The summed E-state index contributed by atoms with van der Waals surface area (Å²) in [6.07, 6.45) is 0. The summed E-state index contributed by atoms with van der Waals surface area (Å²) in [5.74, 6) is -0.237. The molecule has 92 valence electrons. The van der Waals surface area contributed by atoms with Gasteiger partial charge in [0.05, 0.1) is 17.1 Å². The fraction of sp³-hybridized carbons (Fsp3) is 0.364. The van der Waals surface area contributed by atoms with Crippen LogP contribution >= 0.6 is 0 Å². The summed E-state index contributed by atoms with van der Waals surface area (Å²) in [6.45, 7) is 1.45. The van der Waals surface area contributed by atoms with Crippen LogP contribution in [0.15, 0.2) is 24.3 Å². The summed E-state index contributed by atoms with van der Waals surface area (Å²) in [5.41, 5.74) is 1.19. The van der Waals surface area contributed by atoms with Crippen molar-refractivity contribution in [1.29, 1.82) is 0 Å². The average molecular weight is 254 g/mol. The minimum Gasteiger partial charge on any atom is -0.312 e. The van der Waals surface area contributed by atoms with Gasteiger partial charge in [-0.05, 0) is 19.1 Å². The van der Waals surface area contributed by atoms with Gasteiger partial charge in [0.2, 0.25) is 15.9 Å². The van der Waals surface area contributed by atoms with Crippen molar-refractivity contribution in [3.63, 3.8) is 0 Å². The molecule has 5 nitrogen and oxygen atoms in total. The molecule has 0 fully saturated rings. The van der Waals surface area contributed by atoms with Crippen molar-refractivity contribution in [3.8, 4) is 0 Å². The van der Waals surface area contributed by atoms with Crippen LogP contribution in [-0.2, 0) is 14.8 Å². The molecular formula is C11H14N2O3S. The van der Waals surface area contributed by atoms with Crippen molar-refractivity contribution in [3.05, 3.63) is 24.3 Å². The van der Waals surface area contributed by atoms with Crippen molar-refractivity contribution in [1.82, 2.24) is 0 Å². The summed E-state index contributed by atoms with van der Waals surface area (Å²) in [7, 11) is -1.76. The number of hydrogen-bond donors (Lipinski definition) is 0. The number of carbonyl (C=O) groups is 1. The molecule has 0 saturated carbocycles. The smallest absolute Gasteiger partial charge is 0.247 e. The Morgan fingerprint density at radius 1 is 1.24 bits per heavy atom. The van der Waals surface area contributed by atoms with Crippen LogP contribution in [0.5, 0.6) is 0 Å². The molecule has 0 saturated heterocycles. The number of nitrogens with zero attached hydrogens (tertiary/aromatic N) is 2. The van der Waals surface area contributed by atoms with Gasteiger partial charge >= 0.3 is 0 Å². The predicted molar refractivity (Wildman–Crippen MR) is 66.7 cm³/mol. The number of hydrogen-bond acceptors (Lipinski definition) is 3. The lowest BCUT2D eigenvalue weighted by Gasteiger charge is -2.34. The molecule has 0 atom stereocenters. The van der Waals surface area contributed by atoms with Gasteiger partial charge in [-0.15, -0.1) is 0 Å². The fourth-order valence-corrected chi connectivity index (χ4v) is 2.88. The summed E-state index contributed by atoms with van der Waals surface area (Å²) < 4.78 is 25.0. The topological polar surface area (TPSA) is 57.7 Å². The van der Waals surface area contributed by atoms with Gasteiger partial charge in [-0.2, -0.15) is 0 Å². The molecule has 1 heterocycles. The molecule has 17 heavy (non-hydrogen) atoms. The summed E-state index contributed by atoms with van der Waals surface area (Å²) in [4.78, 5) is 13.2. The van der Waals surface area contributed by atoms with Crippen LogP contribution in [-0.4, -0.2) is 33.7 Å². The highest BCUT2D eigenvalue weighted by atomic mass is 32.2. The number of para-hydroxylation sites is 2. The van der Waals surface area contributed by atoms with E-state index < -0.39 is 10.0 Å². The highest BCUT2D eigenvalue weighted by molar-refractivity contribution is 7.92. The van der Waals surface area contributed by atoms with Gasteiger partial charge in [-0.25, -0.2) is 8.42 Å². The Bertz CT molecular complexity index is 554. The van der Waals surface area contributed by atoms with E-state index in [1.165, 1.54) is 9.21 Å². The van der Waals surface area contributed by atoms with Crippen LogP contribution in [0.2, 0.25) is 0 Å². The van der Waals surface area contributed by atoms with Gasteiger partial charge in [-0.1, -0.05) is 12.1 Å². The van der Waals surface area contributed by atoms with E-state index in [9.17, 15) is 13.2 Å². The predicted octanol–water partition coefficient (Wildman–Crippen LogP) is 0.819. The molecule has 0 spiro atoms. The summed E-state index contributed by atoms with van der Waals surface area (Å²) >= 11 is 0. The maximum Gasteiger partial charge on any atom is 0.247 e. The molecule has 1 aliphatic rings. The monoisotopic (exact) mass is 254 g/mol. The zero-order valence-electron chi connectivity index (χ0n) is 9.75. The van der Waals surface area contributed by atoms with E-state index >= 15 is 0 Å². The van der Waals surface area contributed by atoms with Gasteiger partial charge in [-0.3, -0.25) is 9.10 Å². The lowest BCUT2D eigenvalue weighted by atomic mass is 10.2. The molecule has 1 aromatic rings. The minimum absolute atomic E-state index is 0.0155. The van der Waals surface area contributed by atoms with Gasteiger partial charge in [0, 0.05) is 7.05 Å². The van der Waals surface area contributed by atoms with E-state index in [0.717, 1.165) is 0 Å². The van der Waals surface area contributed by atoms with E-state index in [1.54, 1.807) is 38.2 Å². The summed E-state index contributed by atoms with van der Waals surface area (Å²) in [5, 5.41) is 0. The van der Waals surface area contributed by atoms with Crippen molar-refractivity contribution in [2.24, 2.45) is 0 Å². The highest BCUT2D eigenvalue weighted by Gasteiger charge is 2.32. The van der Waals surface area contributed by atoms with Crippen LogP contribution in [0, 0.1) is 0 Å². The van der Waals surface area contributed by atoms with Gasteiger partial charge in [0.25, 0.3) is 0 Å². The largest absolute Gasteiger partial charge is 0.312 e. The quantitative estimate of drug-likeness (QED) is 0.785. The Morgan fingerprint density at radius 3 is 2.41 bits per heavy atom. The zero-order chi connectivity index (χ0) is 12.6. The maximum atomic E-state index is 11.9. The van der Waals surface area contributed by atoms with E-state index in [1.807, 2.05) is 0 Å². The molecule has 6 heteroatoms. The van der Waals surface area contributed by atoms with E-state index in [0.29, 0.717) is 11.4 Å². The Hall–Kier alpha value is -1.56. The third-order valence-corrected chi connectivity index (χ3v) is 4.59. The Labute approximate surface area is 101 Å². The van der Waals surface area contributed by atoms with Crippen molar-refractivity contribution in [2.45, 2.75) is 6.92 Å². The number of carbonyl (C=O) groups excluding carboxylic acids is 1. The van der Waals surface area contributed by atoms with E-state index in [-0.39, 0.29) is 18.2 Å². The lowest BCUT2D eigenvalue weighted by molar-refractivity contribution is -0.117. The van der Waals surface area contributed by atoms with Crippen LogP contribution in [0.1, 0.15) is 6.92 Å². The Balaban J connectivity index is 2.59. The van der Waals surface area contributed by atoms with Crippen molar-refractivity contribution >= 4 is 27.3 Å². The molecular weight excluding hydrogens is 240 g/mol. The maximum absolute atomic E-state index is 11.9. The number of likely N-dealkylation sites (N-methyl/N-ethyl adjacent to an activating group) is 1. The van der Waals surface area contributed by atoms with Crippen LogP contribution in [0.4, 0.5) is 11.4 Å². The number of sulfonamides is 1. The van der Waals surface area contributed by atoms with Crippen molar-refractivity contribution in [2.75, 3.05) is 28.6 Å². The number of anilines is 2. The molecule has 0 radical (unpaired) electrons. The first-order valence-electron chi connectivity index (χ1n) is 5.33. The first kappa shape index (κ1) is 11.9. The molecule has 0 unspecified atom stereocenters. The first-order valence-corrected chi connectivity index (χ1v) is 6.94. The SMILES string of the molecule is CCS(=O)(=O)N1CC(=O)N(C)c2ccccc21. The average Bonchev–Trinajstić information content (AvgIpc) is 2.33. The fourth-order valence-electron chi connectivity index (χ4n) is 1.81. The van der Waals surface area contributed by atoms with Crippen LogP contribution in [0.25, 0.3) is 0 Å². The summed E-state index contributed by atoms with van der Waals surface area (Å²) in [6, 6.07) is 7.00. The second kappa shape index (κ2) is 4.03. The number of fused-ring (bicyclic) bond motifs is 1. The molecule has 0 aromatic heterocycles. The Kier molecular flexibility index (Phi) is 2.82. The highest BCUT2D eigenvalue weighted by Crippen LogP contribution is 2.33. The number of benzene rings is 1.